The molecule has 20 heavy (non-hydrogen) atoms. The number of benzene rings is 1. The highest BCUT2D eigenvalue weighted by Gasteiger charge is 2.18. The molecule has 1 rings (SSSR count). The summed E-state index contributed by atoms with van der Waals surface area (Å²) < 4.78 is 12.7. The topological polar surface area (TPSA) is 66.4 Å². The maximum atomic E-state index is 12.7. The van der Waals surface area contributed by atoms with Gasteiger partial charge < -0.3 is 10.4 Å². The normalized spacial score (nSPS) is 11.9. The molecule has 0 aliphatic rings. The predicted octanol–water partition coefficient (Wildman–Crippen LogP) is 2.08. The van der Waals surface area contributed by atoms with Crippen molar-refractivity contribution in [1.82, 2.24) is 5.32 Å². The number of rotatable bonds is 8. The van der Waals surface area contributed by atoms with E-state index in [2.05, 4.69) is 5.32 Å². The number of aliphatic carboxylic acids is 1. The van der Waals surface area contributed by atoms with Gasteiger partial charge in [0.25, 0.3) is 0 Å². The molecule has 0 spiro atoms. The van der Waals surface area contributed by atoms with Crippen LogP contribution in [0.1, 0.15) is 18.4 Å². The number of thioether (sulfide) groups is 1. The van der Waals surface area contributed by atoms with Crippen LogP contribution in [0, 0.1) is 5.82 Å². The van der Waals surface area contributed by atoms with E-state index >= 15 is 0 Å². The molecule has 0 aliphatic heterocycles. The Morgan fingerprint density at radius 1 is 1.35 bits per heavy atom. The summed E-state index contributed by atoms with van der Waals surface area (Å²) in [4.78, 5) is 22.7. The lowest BCUT2D eigenvalue weighted by molar-refractivity contribution is -0.141. The van der Waals surface area contributed by atoms with Crippen LogP contribution in [-0.4, -0.2) is 35.0 Å². The smallest absolute Gasteiger partial charge is 0.326 e. The molecule has 1 unspecified atom stereocenters. The summed E-state index contributed by atoms with van der Waals surface area (Å²) in [5, 5.41) is 11.5. The molecule has 0 heterocycles. The van der Waals surface area contributed by atoms with Crippen LogP contribution in [0.25, 0.3) is 0 Å². The molecule has 0 bridgehead atoms. The van der Waals surface area contributed by atoms with E-state index in [0.717, 1.165) is 5.56 Å². The molecule has 0 fully saturated rings. The third-order valence-corrected chi connectivity index (χ3v) is 3.44. The number of carboxylic acids is 1. The SMILES string of the molecule is CSCCC(NC(=O)CCc1ccc(F)cc1)C(=O)O. The number of aryl methyl sites for hydroxylation is 1. The van der Waals surface area contributed by atoms with Crippen molar-refractivity contribution < 1.29 is 19.1 Å². The van der Waals surface area contributed by atoms with Gasteiger partial charge in [0.05, 0.1) is 0 Å². The molecule has 1 aromatic rings. The van der Waals surface area contributed by atoms with Crippen molar-refractivity contribution in [2.75, 3.05) is 12.0 Å². The van der Waals surface area contributed by atoms with Crippen molar-refractivity contribution in [3.63, 3.8) is 0 Å². The van der Waals surface area contributed by atoms with E-state index in [9.17, 15) is 14.0 Å². The lowest BCUT2D eigenvalue weighted by atomic mass is 10.1. The zero-order chi connectivity index (χ0) is 15.0. The van der Waals surface area contributed by atoms with Crippen molar-refractivity contribution in [3.05, 3.63) is 35.6 Å². The number of carbonyl (C=O) groups is 2. The molecule has 1 aromatic carbocycles. The van der Waals surface area contributed by atoms with E-state index in [-0.39, 0.29) is 18.1 Å². The lowest BCUT2D eigenvalue weighted by Crippen LogP contribution is -2.41. The highest BCUT2D eigenvalue weighted by Crippen LogP contribution is 2.06. The number of carbonyl (C=O) groups excluding carboxylic acids is 1. The highest BCUT2D eigenvalue weighted by molar-refractivity contribution is 7.98. The molecular weight excluding hydrogens is 281 g/mol. The van der Waals surface area contributed by atoms with Crippen molar-refractivity contribution >= 4 is 23.6 Å². The van der Waals surface area contributed by atoms with Gasteiger partial charge in [0.1, 0.15) is 11.9 Å². The first-order chi connectivity index (χ1) is 9.52. The molecule has 2 N–H and O–H groups in total. The third-order valence-electron chi connectivity index (χ3n) is 2.80. The Kier molecular flexibility index (Phi) is 7.08. The second kappa shape index (κ2) is 8.58. The molecule has 4 nitrogen and oxygen atoms in total. The van der Waals surface area contributed by atoms with Crippen LogP contribution in [0.15, 0.2) is 24.3 Å². The molecule has 0 radical (unpaired) electrons. The van der Waals surface area contributed by atoms with Crippen LogP contribution in [-0.2, 0) is 16.0 Å². The summed E-state index contributed by atoms with van der Waals surface area (Å²) in [5.41, 5.74) is 0.845. The minimum absolute atomic E-state index is 0.189. The molecule has 0 aromatic heterocycles. The summed E-state index contributed by atoms with van der Waals surface area (Å²) in [6.07, 6.45) is 2.93. The maximum absolute atomic E-state index is 12.7. The van der Waals surface area contributed by atoms with E-state index in [1.165, 1.54) is 23.9 Å². The van der Waals surface area contributed by atoms with Crippen molar-refractivity contribution in [3.8, 4) is 0 Å². The van der Waals surface area contributed by atoms with Gasteiger partial charge in [-0.15, -0.1) is 0 Å². The molecule has 6 heteroatoms. The van der Waals surface area contributed by atoms with E-state index in [4.69, 9.17) is 5.11 Å². The van der Waals surface area contributed by atoms with Crippen LogP contribution in [0.5, 0.6) is 0 Å². The minimum Gasteiger partial charge on any atom is -0.480 e. The Morgan fingerprint density at radius 3 is 2.55 bits per heavy atom. The minimum atomic E-state index is -1.02. The first kappa shape index (κ1) is 16.5. The number of nitrogens with one attached hydrogen (secondary N) is 1. The van der Waals surface area contributed by atoms with Gasteiger partial charge in [-0.1, -0.05) is 12.1 Å². The summed E-state index contributed by atoms with van der Waals surface area (Å²) in [5.74, 6) is -0.965. The molecule has 1 atom stereocenters. The van der Waals surface area contributed by atoms with Crippen LogP contribution in [0.2, 0.25) is 0 Å². The zero-order valence-electron chi connectivity index (χ0n) is 11.3. The van der Waals surface area contributed by atoms with E-state index in [1.807, 2.05) is 6.26 Å². The molecule has 0 aliphatic carbocycles. The molecule has 110 valence electrons. The first-order valence-corrected chi connectivity index (χ1v) is 7.68. The average Bonchev–Trinajstić information content (AvgIpc) is 2.42. The second-order valence-electron chi connectivity index (χ2n) is 4.37. The quantitative estimate of drug-likeness (QED) is 0.771. The summed E-state index contributed by atoms with van der Waals surface area (Å²) in [7, 11) is 0. The molecule has 0 saturated carbocycles. The summed E-state index contributed by atoms with van der Waals surface area (Å²) in [6.45, 7) is 0. The standard InChI is InChI=1S/C14H18FNO3S/c1-20-9-8-12(14(18)19)16-13(17)7-4-10-2-5-11(15)6-3-10/h2-3,5-6,12H,4,7-9H2,1H3,(H,16,17)(H,18,19). The summed E-state index contributed by atoms with van der Waals surface area (Å²) in [6, 6.07) is 5.07. The average molecular weight is 299 g/mol. The third kappa shape index (κ3) is 6.06. The number of carboxylic acid groups (broad SMARTS) is 1. The summed E-state index contributed by atoms with van der Waals surface area (Å²) >= 11 is 1.54. The largest absolute Gasteiger partial charge is 0.480 e. The first-order valence-electron chi connectivity index (χ1n) is 6.28. The predicted molar refractivity (Wildman–Crippen MR) is 77.3 cm³/mol. The van der Waals surface area contributed by atoms with E-state index in [0.29, 0.717) is 18.6 Å². The van der Waals surface area contributed by atoms with Gasteiger partial charge in [0, 0.05) is 6.42 Å². The van der Waals surface area contributed by atoms with Gasteiger partial charge in [-0.2, -0.15) is 11.8 Å². The van der Waals surface area contributed by atoms with Gasteiger partial charge >= 0.3 is 5.97 Å². The maximum Gasteiger partial charge on any atom is 0.326 e. The van der Waals surface area contributed by atoms with Crippen molar-refractivity contribution in [2.45, 2.75) is 25.3 Å². The Hall–Kier alpha value is -1.56. The number of hydrogen-bond donors (Lipinski definition) is 2. The van der Waals surface area contributed by atoms with Gasteiger partial charge in [-0.25, -0.2) is 9.18 Å². The Labute approximate surface area is 121 Å². The van der Waals surface area contributed by atoms with Crippen LogP contribution >= 0.6 is 11.8 Å². The Morgan fingerprint density at radius 2 is 2.00 bits per heavy atom. The lowest BCUT2D eigenvalue weighted by Gasteiger charge is -2.13. The second-order valence-corrected chi connectivity index (χ2v) is 5.35. The fourth-order valence-corrected chi connectivity index (χ4v) is 2.14. The van der Waals surface area contributed by atoms with Gasteiger partial charge in [-0.3, -0.25) is 4.79 Å². The number of halogens is 1. The monoisotopic (exact) mass is 299 g/mol. The van der Waals surface area contributed by atoms with Crippen LogP contribution < -0.4 is 5.32 Å². The Balaban J connectivity index is 2.41. The Bertz CT molecular complexity index is 450. The zero-order valence-corrected chi connectivity index (χ0v) is 12.1. The molecular formula is C14H18FNO3S. The van der Waals surface area contributed by atoms with Crippen LogP contribution in [0.3, 0.4) is 0 Å². The number of hydrogen-bond acceptors (Lipinski definition) is 3. The molecule has 0 saturated heterocycles. The van der Waals surface area contributed by atoms with Crippen LogP contribution in [0.4, 0.5) is 4.39 Å². The van der Waals surface area contributed by atoms with Gasteiger partial charge in [-0.05, 0) is 42.5 Å². The fraction of sp³-hybridized carbons (Fsp3) is 0.429. The number of amides is 1. The van der Waals surface area contributed by atoms with E-state index < -0.39 is 12.0 Å². The van der Waals surface area contributed by atoms with E-state index in [1.54, 1.807) is 12.1 Å². The van der Waals surface area contributed by atoms with Gasteiger partial charge in [0.2, 0.25) is 5.91 Å². The van der Waals surface area contributed by atoms with Crippen molar-refractivity contribution in [1.29, 1.82) is 0 Å². The highest BCUT2D eigenvalue weighted by atomic mass is 32.2. The fourth-order valence-electron chi connectivity index (χ4n) is 1.67. The van der Waals surface area contributed by atoms with Gasteiger partial charge in [0.15, 0.2) is 0 Å². The molecule has 1 amide bonds. The van der Waals surface area contributed by atoms with Crippen molar-refractivity contribution in [2.24, 2.45) is 0 Å².